The molecule has 2 saturated heterocycles. The second-order valence-electron chi connectivity index (χ2n) is 6.05. The first kappa shape index (κ1) is 13.1. The molecule has 0 unspecified atom stereocenters. The number of carbonyl (C=O) groups is 1. The van der Waals surface area contributed by atoms with Gasteiger partial charge in [0.2, 0.25) is 11.9 Å². The molecule has 0 saturated carbocycles. The van der Waals surface area contributed by atoms with Crippen LogP contribution >= 0.6 is 0 Å². The molecule has 20 heavy (non-hydrogen) atoms. The molecule has 3 heterocycles. The fraction of sp³-hybridized carbons (Fsp3) is 0.643. The molecule has 0 aliphatic carbocycles. The smallest absolute Gasteiger partial charge is 0.226 e. The van der Waals surface area contributed by atoms with E-state index in [0.717, 1.165) is 44.2 Å². The summed E-state index contributed by atoms with van der Waals surface area (Å²) in [6.07, 6.45) is 4.59. The highest BCUT2D eigenvalue weighted by atomic mass is 16.1. The Labute approximate surface area is 119 Å². The Balaban J connectivity index is 1.69. The summed E-state index contributed by atoms with van der Waals surface area (Å²) in [7, 11) is 3.89. The van der Waals surface area contributed by atoms with Gasteiger partial charge in [-0.25, -0.2) is 4.98 Å². The second-order valence-corrected chi connectivity index (χ2v) is 6.05. The van der Waals surface area contributed by atoms with Gasteiger partial charge in [-0.2, -0.15) is 4.98 Å². The van der Waals surface area contributed by atoms with Gasteiger partial charge >= 0.3 is 0 Å². The molecule has 2 fully saturated rings. The molecule has 0 atom stereocenters. The third kappa shape index (κ3) is 2.42. The molecular weight excluding hydrogens is 254 g/mol. The van der Waals surface area contributed by atoms with Crippen LogP contribution < -0.4 is 15.1 Å². The van der Waals surface area contributed by atoms with Gasteiger partial charge in [-0.3, -0.25) is 4.79 Å². The lowest BCUT2D eigenvalue weighted by atomic mass is 9.78. The third-order valence-corrected chi connectivity index (χ3v) is 4.37. The Bertz CT molecular complexity index is 508. The van der Waals surface area contributed by atoms with Crippen molar-refractivity contribution in [2.45, 2.75) is 19.3 Å². The minimum Gasteiger partial charge on any atom is -0.356 e. The first-order valence-corrected chi connectivity index (χ1v) is 7.10. The molecule has 3 rings (SSSR count). The summed E-state index contributed by atoms with van der Waals surface area (Å²) < 4.78 is 0. The lowest BCUT2D eigenvalue weighted by Crippen LogP contribution is -2.41. The number of piperidine rings is 1. The second kappa shape index (κ2) is 4.92. The lowest BCUT2D eigenvalue weighted by molar-refractivity contribution is -0.119. The van der Waals surface area contributed by atoms with Gasteiger partial charge in [0.15, 0.2) is 0 Å². The SMILES string of the molecule is CN(C)c1nccc(N2CCC3(CC2)CNC(=O)C3)n1. The average molecular weight is 275 g/mol. The van der Waals surface area contributed by atoms with Gasteiger partial charge < -0.3 is 15.1 Å². The topological polar surface area (TPSA) is 61.4 Å². The van der Waals surface area contributed by atoms with Crippen LogP contribution in [0.2, 0.25) is 0 Å². The number of carbonyl (C=O) groups excluding carboxylic acids is 1. The van der Waals surface area contributed by atoms with E-state index >= 15 is 0 Å². The average Bonchev–Trinajstić information content (AvgIpc) is 2.81. The van der Waals surface area contributed by atoms with Crippen LogP contribution in [-0.2, 0) is 4.79 Å². The number of hydrogen-bond donors (Lipinski definition) is 1. The van der Waals surface area contributed by atoms with E-state index in [1.165, 1.54) is 0 Å². The lowest BCUT2D eigenvalue weighted by Gasteiger charge is -2.38. The molecule has 1 N–H and O–H groups in total. The van der Waals surface area contributed by atoms with Gasteiger partial charge in [0.25, 0.3) is 0 Å². The first-order valence-electron chi connectivity index (χ1n) is 7.10. The predicted octanol–water partition coefficient (Wildman–Crippen LogP) is 0.649. The Kier molecular flexibility index (Phi) is 3.23. The summed E-state index contributed by atoms with van der Waals surface area (Å²) in [5.74, 6) is 1.92. The molecule has 1 aromatic heterocycles. The molecule has 0 aromatic carbocycles. The molecular formula is C14H21N5O. The Morgan fingerprint density at radius 3 is 2.70 bits per heavy atom. The highest BCUT2D eigenvalue weighted by molar-refractivity contribution is 5.79. The quantitative estimate of drug-likeness (QED) is 0.858. The largest absolute Gasteiger partial charge is 0.356 e. The number of anilines is 2. The molecule has 1 amide bonds. The molecule has 2 aliphatic heterocycles. The van der Waals surface area contributed by atoms with Crippen LogP contribution in [0.25, 0.3) is 0 Å². The Morgan fingerprint density at radius 1 is 1.35 bits per heavy atom. The van der Waals surface area contributed by atoms with Gasteiger partial charge in [0.05, 0.1) is 0 Å². The van der Waals surface area contributed by atoms with Gasteiger partial charge in [0.1, 0.15) is 5.82 Å². The molecule has 108 valence electrons. The molecule has 1 aromatic rings. The summed E-state index contributed by atoms with van der Waals surface area (Å²) in [5, 5.41) is 2.97. The summed E-state index contributed by atoms with van der Waals surface area (Å²) in [6, 6.07) is 1.96. The van der Waals surface area contributed by atoms with Crippen molar-refractivity contribution in [2.24, 2.45) is 5.41 Å². The van der Waals surface area contributed by atoms with E-state index in [0.29, 0.717) is 6.42 Å². The van der Waals surface area contributed by atoms with Crippen molar-refractivity contribution in [3.05, 3.63) is 12.3 Å². The minimum absolute atomic E-state index is 0.186. The van der Waals surface area contributed by atoms with Crippen LogP contribution in [0.4, 0.5) is 11.8 Å². The molecule has 1 spiro atoms. The maximum Gasteiger partial charge on any atom is 0.226 e. The highest BCUT2D eigenvalue weighted by Crippen LogP contribution is 2.38. The van der Waals surface area contributed by atoms with E-state index in [2.05, 4.69) is 20.2 Å². The van der Waals surface area contributed by atoms with Gasteiger partial charge in [-0.15, -0.1) is 0 Å². The minimum atomic E-state index is 0.186. The van der Waals surface area contributed by atoms with Crippen molar-refractivity contribution in [1.29, 1.82) is 0 Å². The standard InChI is InChI=1S/C14H21N5O/c1-18(2)13-15-6-3-11(17-13)19-7-4-14(5-8-19)9-12(20)16-10-14/h3,6H,4-5,7-10H2,1-2H3,(H,16,20). The van der Waals surface area contributed by atoms with E-state index in [-0.39, 0.29) is 11.3 Å². The van der Waals surface area contributed by atoms with Crippen LogP contribution in [-0.4, -0.2) is 49.6 Å². The van der Waals surface area contributed by atoms with Crippen molar-refractivity contribution < 1.29 is 4.79 Å². The van der Waals surface area contributed by atoms with Crippen LogP contribution in [0.3, 0.4) is 0 Å². The van der Waals surface area contributed by atoms with Crippen LogP contribution in [0.5, 0.6) is 0 Å². The van der Waals surface area contributed by atoms with Crippen molar-refractivity contribution >= 4 is 17.7 Å². The molecule has 0 bridgehead atoms. The number of amides is 1. The highest BCUT2D eigenvalue weighted by Gasteiger charge is 2.41. The van der Waals surface area contributed by atoms with Crippen LogP contribution in [0.1, 0.15) is 19.3 Å². The maximum absolute atomic E-state index is 11.4. The van der Waals surface area contributed by atoms with E-state index in [4.69, 9.17) is 0 Å². The normalized spacial score (nSPS) is 21.1. The van der Waals surface area contributed by atoms with E-state index in [9.17, 15) is 4.79 Å². The number of aromatic nitrogens is 2. The first-order chi connectivity index (χ1) is 9.58. The number of hydrogen-bond acceptors (Lipinski definition) is 5. The van der Waals surface area contributed by atoms with Crippen molar-refractivity contribution in [3.8, 4) is 0 Å². The molecule has 6 nitrogen and oxygen atoms in total. The predicted molar refractivity (Wildman–Crippen MR) is 77.9 cm³/mol. The van der Waals surface area contributed by atoms with E-state index in [1.54, 1.807) is 0 Å². The third-order valence-electron chi connectivity index (χ3n) is 4.37. The zero-order chi connectivity index (χ0) is 14.2. The number of nitrogens with one attached hydrogen (secondary N) is 1. The Hall–Kier alpha value is -1.85. The van der Waals surface area contributed by atoms with Crippen molar-refractivity contribution in [1.82, 2.24) is 15.3 Å². The summed E-state index contributed by atoms with van der Waals surface area (Å²) in [4.78, 5) is 24.5. The van der Waals surface area contributed by atoms with Gasteiger partial charge in [0, 0.05) is 46.3 Å². The van der Waals surface area contributed by atoms with E-state index < -0.39 is 0 Å². The van der Waals surface area contributed by atoms with Crippen LogP contribution in [0, 0.1) is 5.41 Å². The number of rotatable bonds is 2. The van der Waals surface area contributed by atoms with Crippen molar-refractivity contribution in [2.75, 3.05) is 43.5 Å². The fourth-order valence-corrected chi connectivity index (χ4v) is 3.05. The summed E-state index contributed by atoms with van der Waals surface area (Å²) >= 11 is 0. The Morgan fingerprint density at radius 2 is 2.10 bits per heavy atom. The van der Waals surface area contributed by atoms with Gasteiger partial charge in [-0.1, -0.05) is 0 Å². The fourth-order valence-electron chi connectivity index (χ4n) is 3.05. The zero-order valence-corrected chi connectivity index (χ0v) is 12.1. The van der Waals surface area contributed by atoms with Crippen LogP contribution in [0.15, 0.2) is 12.3 Å². The summed E-state index contributed by atoms with van der Waals surface area (Å²) in [5.41, 5.74) is 0.186. The monoisotopic (exact) mass is 275 g/mol. The molecule has 0 radical (unpaired) electrons. The zero-order valence-electron chi connectivity index (χ0n) is 12.1. The molecule has 2 aliphatic rings. The van der Waals surface area contributed by atoms with E-state index in [1.807, 2.05) is 31.3 Å². The molecule has 6 heteroatoms. The van der Waals surface area contributed by atoms with Gasteiger partial charge in [-0.05, 0) is 24.3 Å². The number of nitrogens with zero attached hydrogens (tertiary/aromatic N) is 4. The summed E-state index contributed by atoms with van der Waals surface area (Å²) in [6.45, 7) is 2.75. The van der Waals surface area contributed by atoms with Crippen molar-refractivity contribution in [3.63, 3.8) is 0 Å². The maximum atomic E-state index is 11.4.